The lowest BCUT2D eigenvalue weighted by atomic mass is 10.2. The average Bonchev–Trinajstić information content (AvgIpc) is 3.01. The molecule has 0 radical (unpaired) electrons. The molecule has 0 unspecified atom stereocenters. The summed E-state index contributed by atoms with van der Waals surface area (Å²) < 4.78 is 2.96. The largest absolute Gasteiger partial charge is 0.350 e. The van der Waals surface area contributed by atoms with E-state index in [4.69, 9.17) is 0 Å². The highest BCUT2D eigenvalue weighted by atomic mass is 16.2. The van der Waals surface area contributed by atoms with E-state index in [1.807, 2.05) is 19.9 Å². The van der Waals surface area contributed by atoms with Crippen LogP contribution in [0.15, 0.2) is 47.3 Å². The van der Waals surface area contributed by atoms with Crippen molar-refractivity contribution >= 4 is 17.5 Å². The molecule has 3 rings (SSSR count). The predicted octanol–water partition coefficient (Wildman–Crippen LogP) is 1.43. The van der Waals surface area contributed by atoms with Crippen LogP contribution in [0.2, 0.25) is 0 Å². The number of anilines is 1. The third-order valence-electron chi connectivity index (χ3n) is 4.16. The minimum atomic E-state index is -0.276. The van der Waals surface area contributed by atoms with Crippen LogP contribution < -0.4 is 16.2 Å². The van der Waals surface area contributed by atoms with Crippen LogP contribution in [0, 0.1) is 13.8 Å². The van der Waals surface area contributed by atoms with Gasteiger partial charge in [0, 0.05) is 36.5 Å². The van der Waals surface area contributed by atoms with Gasteiger partial charge in [-0.2, -0.15) is 5.10 Å². The van der Waals surface area contributed by atoms with E-state index in [0.29, 0.717) is 17.1 Å². The van der Waals surface area contributed by atoms with Gasteiger partial charge in [-0.25, -0.2) is 9.36 Å². The quantitative estimate of drug-likeness (QED) is 0.657. The second-order valence-corrected chi connectivity index (χ2v) is 6.61. The Morgan fingerprint density at radius 2 is 1.76 bits per heavy atom. The van der Waals surface area contributed by atoms with Crippen molar-refractivity contribution in [2.75, 3.05) is 11.9 Å². The normalized spacial score (nSPS) is 10.6. The Hall–Kier alpha value is -3.75. The number of nitrogens with zero attached hydrogens (tertiary/aromatic N) is 4. The van der Waals surface area contributed by atoms with Crippen molar-refractivity contribution < 1.29 is 9.59 Å². The highest BCUT2D eigenvalue weighted by Crippen LogP contribution is 2.10. The number of amides is 2. The molecule has 0 atom stereocenters. The van der Waals surface area contributed by atoms with Crippen molar-refractivity contribution in [1.29, 1.82) is 0 Å². The van der Waals surface area contributed by atoms with Gasteiger partial charge in [0.15, 0.2) is 5.82 Å². The molecule has 9 nitrogen and oxygen atoms in total. The van der Waals surface area contributed by atoms with E-state index >= 15 is 0 Å². The maximum Gasteiger partial charge on any atom is 0.266 e. The van der Waals surface area contributed by atoms with Gasteiger partial charge >= 0.3 is 0 Å². The molecule has 0 aliphatic heterocycles. The zero-order chi connectivity index (χ0) is 21.0. The fraction of sp³-hybridized carbons (Fsp3) is 0.250. The summed E-state index contributed by atoms with van der Waals surface area (Å²) in [5.74, 6) is 0.0834. The second-order valence-electron chi connectivity index (χ2n) is 6.61. The lowest BCUT2D eigenvalue weighted by Crippen LogP contribution is -2.32. The average molecular weight is 394 g/mol. The number of hydrogen-bond acceptors (Lipinski definition) is 5. The number of aromatic nitrogens is 4. The van der Waals surface area contributed by atoms with Gasteiger partial charge in [-0.05, 0) is 50.2 Å². The lowest BCUT2D eigenvalue weighted by Gasteiger charge is -2.09. The summed E-state index contributed by atoms with van der Waals surface area (Å²) in [7, 11) is 0. The maximum atomic E-state index is 12.3. The van der Waals surface area contributed by atoms with Crippen LogP contribution in [0.4, 0.5) is 5.69 Å². The third-order valence-corrected chi connectivity index (χ3v) is 4.16. The molecule has 0 bridgehead atoms. The maximum absolute atomic E-state index is 12.3. The molecule has 3 aromatic rings. The molecule has 0 fully saturated rings. The van der Waals surface area contributed by atoms with Crippen LogP contribution in [-0.2, 0) is 11.3 Å². The summed E-state index contributed by atoms with van der Waals surface area (Å²) in [6.07, 6.45) is 0. The van der Waals surface area contributed by atoms with E-state index in [0.717, 1.165) is 11.4 Å². The van der Waals surface area contributed by atoms with Gasteiger partial charge in [-0.1, -0.05) is 0 Å². The van der Waals surface area contributed by atoms with Gasteiger partial charge in [-0.3, -0.25) is 14.4 Å². The molecule has 2 amide bonds. The van der Waals surface area contributed by atoms with E-state index in [1.54, 1.807) is 35.0 Å². The molecule has 2 aromatic heterocycles. The summed E-state index contributed by atoms with van der Waals surface area (Å²) in [5.41, 5.74) is 2.58. The van der Waals surface area contributed by atoms with Crippen molar-refractivity contribution in [2.45, 2.75) is 27.3 Å². The van der Waals surface area contributed by atoms with Crippen LogP contribution in [-0.4, -0.2) is 37.9 Å². The molecule has 0 aliphatic carbocycles. The summed E-state index contributed by atoms with van der Waals surface area (Å²) in [5, 5.41) is 14.1. The standard InChI is InChI=1S/C20H22N6O3/c1-13-12-14(2)26(23-13)18-8-9-19(28)25(24-18)11-10-21-20(29)16-4-6-17(7-5-16)22-15(3)27/h4-9,12H,10-11H2,1-3H3,(H,21,29)(H,22,27). The van der Waals surface area contributed by atoms with E-state index < -0.39 is 0 Å². The lowest BCUT2D eigenvalue weighted by molar-refractivity contribution is -0.114. The smallest absolute Gasteiger partial charge is 0.266 e. The molecule has 29 heavy (non-hydrogen) atoms. The summed E-state index contributed by atoms with van der Waals surface area (Å²) >= 11 is 0. The van der Waals surface area contributed by atoms with E-state index in [2.05, 4.69) is 20.8 Å². The molecule has 0 saturated heterocycles. The molecule has 150 valence electrons. The highest BCUT2D eigenvalue weighted by Gasteiger charge is 2.09. The molecular formula is C20H22N6O3. The Morgan fingerprint density at radius 3 is 2.38 bits per heavy atom. The summed E-state index contributed by atoms with van der Waals surface area (Å²) in [6, 6.07) is 11.5. The van der Waals surface area contributed by atoms with Crippen LogP contribution in [0.25, 0.3) is 5.82 Å². The fourth-order valence-corrected chi connectivity index (χ4v) is 2.86. The molecule has 2 N–H and O–H groups in total. The number of rotatable bonds is 6. The SMILES string of the molecule is CC(=O)Nc1ccc(C(=O)NCCn2nc(-n3nc(C)cc3C)ccc2=O)cc1. The second kappa shape index (κ2) is 8.51. The first kappa shape index (κ1) is 20.0. The van der Waals surface area contributed by atoms with E-state index in [-0.39, 0.29) is 30.5 Å². The zero-order valence-corrected chi connectivity index (χ0v) is 16.5. The first-order valence-electron chi connectivity index (χ1n) is 9.11. The molecule has 2 heterocycles. The monoisotopic (exact) mass is 394 g/mol. The van der Waals surface area contributed by atoms with Crippen LogP contribution in [0.1, 0.15) is 28.7 Å². The molecule has 0 saturated carbocycles. The Bertz CT molecular complexity index is 1100. The Morgan fingerprint density at radius 1 is 1.03 bits per heavy atom. The van der Waals surface area contributed by atoms with Crippen LogP contribution >= 0.6 is 0 Å². The van der Waals surface area contributed by atoms with Crippen molar-refractivity contribution in [3.8, 4) is 5.82 Å². The number of hydrogen-bond donors (Lipinski definition) is 2. The van der Waals surface area contributed by atoms with Crippen molar-refractivity contribution in [2.24, 2.45) is 0 Å². The number of aryl methyl sites for hydroxylation is 2. The Kier molecular flexibility index (Phi) is 5.87. The molecule has 0 spiro atoms. The predicted molar refractivity (Wildman–Crippen MR) is 108 cm³/mol. The minimum Gasteiger partial charge on any atom is -0.350 e. The third kappa shape index (κ3) is 4.95. The number of benzene rings is 1. The first-order chi connectivity index (χ1) is 13.8. The minimum absolute atomic E-state index is 0.178. The molecule has 9 heteroatoms. The Labute approximate surface area is 167 Å². The van der Waals surface area contributed by atoms with Crippen LogP contribution in [0.5, 0.6) is 0 Å². The van der Waals surface area contributed by atoms with E-state index in [9.17, 15) is 14.4 Å². The first-order valence-corrected chi connectivity index (χ1v) is 9.11. The van der Waals surface area contributed by atoms with Crippen LogP contribution in [0.3, 0.4) is 0 Å². The van der Waals surface area contributed by atoms with Gasteiger partial charge in [-0.15, -0.1) is 5.10 Å². The molecule has 0 aliphatic rings. The van der Waals surface area contributed by atoms with Gasteiger partial charge in [0.1, 0.15) is 0 Å². The van der Waals surface area contributed by atoms with Gasteiger partial charge in [0.25, 0.3) is 11.5 Å². The summed E-state index contributed by atoms with van der Waals surface area (Å²) in [4.78, 5) is 35.4. The van der Waals surface area contributed by atoms with Gasteiger partial charge < -0.3 is 10.6 Å². The topological polar surface area (TPSA) is 111 Å². The molecule has 1 aromatic carbocycles. The number of carbonyl (C=O) groups excluding carboxylic acids is 2. The van der Waals surface area contributed by atoms with Gasteiger partial charge in [0.2, 0.25) is 5.91 Å². The summed E-state index contributed by atoms with van der Waals surface area (Å²) in [6.45, 7) is 5.67. The zero-order valence-electron chi connectivity index (χ0n) is 16.5. The number of carbonyl (C=O) groups is 2. The van der Waals surface area contributed by atoms with E-state index in [1.165, 1.54) is 17.7 Å². The molecular weight excluding hydrogens is 372 g/mol. The highest BCUT2D eigenvalue weighted by molar-refractivity contribution is 5.95. The fourth-order valence-electron chi connectivity index (χ4n) is 2.86. The number of nitrogens with one attached hydrogen (secondary N) is 2. The van der Waals surface area contributed by atoms with Crippen molar-refractivity contribution in [3.05, 3.63) is 69.8 Å². The van der Waals surface area contributed by atoms with Gasteiger partial charge in [0.05, 0.1) is 12.2 Å². The Balaban J connectivity index is 1.63. The van der Waals surface area contributed by atoms with Crippen molar-refractivity contribution in [1.82, 2.24) is 24.9 Å². The van der Waals surface area contributed by atoms with Crippen molar-refractivity contribution in [3.63, 3.8) is 0 Å².